The van der Waals surface area contributed by atoms with Gasteiger partial charge < -0.3 is 0 Å². The van der Waals surface area contributed by atoms with Gasteiger partial charge in [0.1, 0.15) is 0 Å². The molecule has 0 spiro atoms. The Kier molecular flexibility index (Phi) is 42.7. The lowest BCUT2D eigenvalue weighted by Crippen LogP contribution is -1.83. The number of hydrogen-bond acceptors (Lipinski definition) is 0. The number of unbranched alkanes of at least 4 members (excludes halogenated alkanes) is 15. The highest BCUT2D eigenvalue weighted by Crippen LogP contribution is 2.13. The molecule has 0 saturated heterocycles. The Labute approximate surface area is 161 Å². The van der Waals surface area contributed by atoms with E-state index >= 15 is 0 Å². The highest BCUT2D eigenvalue weighted by Gasteiger charge is 1.94. The normalized spacial score (nSPS) is 9.55. The lowest BCUT2D eigenvalue weighted by Gasteiger charge is -2.03. The molecule has 0 aliphatic carbocycles. The molecule has 0 aromatic heterocycles. The van der Waals surface area contributed by atoms with E-state index in [0.29, 0.717) is 0 Å². The molecule has 1 atom stereocenters. The molecule has 0 aliphatic rings. The van der Waals surface area contributed by atoms with E-state index in [1.54, 1.807) is 0 Å². The first-order valence-corrected chi connectivity index (χ1v) is 9.51. The molecule has 0 heterocycles. The van der Waals surface area contributed by atoms with Crippen LogP contribution in [-0.2, 0) is 0 Å². The fourth-order valence-electron chi connectivity index (χ4n) is 2.64. The Morgan fingerprint density at radius 1 is 0.455 bits per heavy atom. The van der Waals surface area contributed by atoms with Crippen LogP contribution in [0.3, 0.4) is 0 Å². The molecule has 0 aromatic rings. The van der Waals surface area contributed by atoms with Crippen molar-refractivity contribution in [2.75, 3.05) is 5.88 Å². The van der Waals surface area contributed by atoms with Crippen LogP contribution in [0.2, 0.25) is 0 Å². The first kappa shape index (κ1) is 31.1. The standard InChI is InChI=1S/C18H37Cl.2ClH.H3P/c1-2-3-4-5-6-7-8-9-10-11-12-13-14-15-16-17-18-19;;;/h2-18H2,1H3;2*1H;1H3. The van der Waals surface area contributed by atoms with Gasteiger partial charge in [-0.3, -0.25) is 0 Å². The van der Waals surface area contributed by atoms with Crippen molar-refractivity contribution >= 4 is 46.3 Å². The molecular formula is C18H42Cl3P. The van der Waals surface area contributed by atoms with E-state index in [1.165, 1.54) is 103 Å². The maximum atomic E-state index is 5.66. The van der Waals surface area contributed by atoms with Gasteiger partial charge in [0, 0.05) is 5.88 Å². The molecule has 0 aromatic carbocycles. The molecule has 140 valence electrons. The summed E-state index contributed by atoms with van der Waals surface area (Å²) in [6.07, 6.45) is 22.8. The van der Waals surface area contributed by atoms with Gasteiger partial charge in [0.2, 0.25) is 0 Å². The van der Waals surface area contributed by atoms with Crippen LogP contribution >= 0.6 is 46.3 Å². The smallest absolute Gasteiger partial charge is 0.0223 e. The number of rotatable bonds is 16. The molecule has 4 heteroatoms. The van der Waals surface area contributed by atoms with Crippen molar-refractivity contribution in [2.24, 2.45) is 0 Å². The second-order valence-electron chi connectivity index (χ2n) is 5.99. The Bertz CT molecular complexity index is 141. The molecule has 0 fully saturated rings. The summed E-state index contributed by atoms with van der Waals surface area (Å²) in [5.74, 6) is 0.846. The van der Waals surface area contributed by atoms with Crippen molar-refractivity contribution in [3.05, 3.63) is 0 Å². The zero-order valence-electron chi connectivity index (χ0n) is 14.9. The van der Waals surface area contributed by atoms with Crippen LogP contribution in [-0.4, -0.2) is 5.88 Å². The highest BCUT2D eigenvalue weighted by atomic mass is 35.5. The van der Waals surface area contributed by atoms with Gasteiger partial charge in [-0.1, -0.05) is 103 Å². The molecule has 0 nitrogen and oxygen atoms in total. The van der Waals surface area contributed by atoms with E-state index in [1.807, 2.05) is 0 Å². The van der Waals surface area contributed by atoms with E-state index in [4.69, 9.17) is 11.6 Å². The van der Waals surface area contributed by atoms with Crippen LogP contribution in [0.15, 0.2) is 0 Å². The van der Waals surface area contributed by atoms with Crippen LogP contribution in [0, 0.1) is 0 Å². The Morgan fingerprint density at radius 3 is 0.909 bits per heavy atom. The number of hydrogen-bond donors (Lipinski definition) is 0. The second kappa shape index (κ2) is 30.2. The summed E-state index contributed by atoms with van der Waals surface area (Å²) in [6.45, 7) is 2.29. The molecule has 0 N–H and O–H groups in total. The van der Waals surface area contributed by atoms with Gasteiger partial charge in [-0.25, -0.2) is 0 Å². The van der Waals surface area contributed by atoms with Gasteiger partial charge in [-0.05, 0) is 6.42 Å². The predicted molar refractivity (Wildman–Crippen MR) is 116 cm³/mol. The SMILES string of the molecule is CCCCCCCCCCCCCCCCCCCl.Cl.Cl.P. The fourth-order valence-corrected chi connectivity index (χ4v) is 2.83. The van der Waals surface area contributed by atoms with Gasteiger partial charge in [-0.15, -0.1) is 36.4 Å². The summed E-state index contributed by atoms with van der Waals surface area (Å²) in [4.78, 5) is 0. The fraction of sp³-hybridized carbons (Fsp3) is 1.00. The average Bonchev–Trinajstić information content (AvgIpc) is 2.43. The Balaban J connectivity index is -0.000000540. The zero-order valence-corrected chi connectivity index (χ0v) is 18.7. The van der Waals surface area contributed by atoms with Crippen molar-refractivity contribution in [1.82, 2.24) is 0 Å². The van der Waals surface area contributed by atoms with Gasteiger partial charge >= 0.3 is 0 Å². The van der Waals surface area contributed by atoms with E-state index in [0.717, 1.165) is 5.88 Å². The average molecular weight is 396 g/mol. The molecular weight excluding hydrogens is 354 g/mol. The Morgan fingerprint density at radius 2 is 0.682 bits per heavy atom. The van der Waals surface area contributed by atoms with Crippen molar-refractivity contribution in [3.8, 4) is 0 Å². The monoisotopic (exact) mass is 394 g/mol. The Hall–Kier alpha value is 1.30. The quantitative estimate of drug-likeness (QED) is 0.140. The number of alkyl halides is 1. The van der Waals surface area contributed by atoms with Gasteiger partial charge in [0.25, 0.3) is 0 Å². The largest absolute Gasteiger partial charge is 0.153 e. The lowest BCUT2D eigenvalue weighted by atomic mass is 10.0. The van der Waals surface area contributed by atoms with Crippen molar-refractivity contribution in [3.63, 3.8) is 0 Å². The maximum absolute atomic E-state index is 5.66. The minimum atomic E-state index is 0. The van der Waals surface area contributed by atoms with Crippen molar-refractivity contribution in [2.45, 2.75) is 110 Å². The maximum Gasteiger partial charge on any atom is 0.0223 e. The summed E-state index contributed by atoms with van der Waals surface area (Å²) in [5, 5.41) is 0. The van der Waals surface area contributed by atoms with Crippen LogP contribution in [0.4, 0.5) is 0 Å². The first-order valence-electron chi connectivity index (χ1n) is 8.97. The van der Waals surface area contributed by atoms with E-state index in [9.17, 15) is 0 Å². The van der Waals surface area contributed by atoms with E-state index < -0.39 is 0 Å². The summed E-state index contributed by atoms with van der Waals surface area (Å²) in [7, 11) is 0. The van der Waals surface area contributed by atoms with Gasteiger partial charge in [-0.2, -0.15) is 9.90 Å². The van der Waals surface area contributed by atoms with Crippen LogP contribution < -0.4 is 0 Å². The van der Waals surface area contributed by atoms with E-state index in [2.05, 4.69) is 6.92 Å². The molecule has 0 radical (unpaired) electrons. The summed E-state index contributed by atoms with van der Waals surface area (Å²) in [6, 6.07) is 0. The molecule has 0 amide bonds. The lowest BCUT2D eigenvalue weighted by molar-refractivity contribution is 0.531. The topological polar surface area (TPSA) is 0 Å². The van der Waals surface area contributed by atoms with Crippen LogP contribution in [0.5, 0.6) is 0 Å². The van der Waals surface area contributed by atoms with Crippen LogP contribution in [0.25, 0.3) is 0 Å². The first-order chi connectivity index (χ1) is 9.41. The minimum Gasteiger partial charge on any atom is -0.153 e. The zero-order chi connectivity index (χ0) is 14.0. The third kappa shape index (κ3) is 29.3. The van der Waals surface area contributed by atoms with Crippen molar-refractivity contribution < 1.29 is 0 Å². The van der Waals surface area contributed by atoms with E-state index in [-0.39, 0.29) is 34.7 Å². The molecule has 0 aliphatic heterocycles. The van der Waals surface area contributed by atoms with Crippen LogP contribution in [0.1, 0.15) is 110 Å². The molecule has 0 rings (SSSR count). The highest BCUT2D eigenvalue weighted by molar-refractivity contribution is 6.92. The molecule has 1 unspecified atom stereocenters. The predicted octanol–water partition coefficient (Wildman–Crippen LogP) is 8.39. The summed E-state index contributed by atoms with van der Waals surface area (Å²) in [5.41, 5.74) is 0. The summed E-state index contributed by atoms with van der Waals surface area (Å²) >= 11 is 5.66. The summed E-state index contributed by atoms with van der Waals surface area (Å²) < 4.78 is 0. The van der Waals surface area contributed by atoms with Gasteiger partial charge in [0.15, 0.2) is 0 Å². The van der Waals surface area contributed by atoms with Gasteiger partial charge in [0.05, 0.1) is 0 Å². The molecule has 0 bridgehead atoms. The second-order valence-corrected chi connectivity index (χ2v) is 6.37. The third-order valence-corrected chi connectivity index (χ3v) is 4.25. The molecule has 22 heavy (non-hydrogen) atoms. The minimum absolute atomic E-state index is 0. The molecule has 0 saturated carbocycles. The third-order valence-electron chi connectivity index (χ3n) is 3.99. The van der Waals surface area contributed by atoms with Crippen molar-refractivity contribution in [1.29, 1.82) is 0 Å². The number of halogens is 3.